The third-order valence-electron chi connectivity index (χ3n) is 3.42. The Morgan fingerprint density at radius 2 is 1.95 bits per heavy atom. The van der Waals surface area contributed by atoms with Crippen molar-refractivity contribution in [3.8, 4) is 0 Å². The van der Waals surface area contributed by atoms with Crippen molar-refractivity contribution in [3.63, 3.8) is 0 Å². The number of nitrogens with one attached hydrogen (secondary N) is 1. The van der Waals surface area contributed by atoms with E-state index in [4.69, 9.17) is 0 Å². The molecule has 2 amide bonds. The molecule has 1 heterocycles. The lowest BCUT2D eigenvalue weighted by Gasteiger charge is -2.20. The molecule has 22 heavy (non-hydrogen) atoms. The molecule has 0 radical (unpaired) electrons. The molecule has 1 rings (SSSR count). The number of carbonyl (C=O) groups is 2. The summed E-state index contributed by atoms with van der Waals surface area (Å²) in [5.74, 6) is -0.144. The van der Waals surface area contributed by atoms with Crippen molar-refractivity contribution >= 4 is 23.2 Å². The van der Waals surface area contributed by atoms with E-state index in [2.05, 4.69) is 19.2 Å². The smallest absolute Gasteiger partial charge is 0.264 e. The molecule has 5 heteroatoms. The summed E-state index contributed by atoms with van der Waals surface area (Å²) in [4.78, 5) is 28.2. The molecule has 4 nitrogen and oxygen atoms in total. The summed E-state index contributed by atoms with van der Waals surface area (Å²) >= 11 is 1.58. The lowest BCUT2D eigenvalue weighted by molar-refractivity contribution is -0.122. The molecular formula is C17H28N2O2S. The van der Waals surface area contributed by atoms with Crippen LogP contribution in [0.2, 0.25) is 0 Å². The number of hydrogen-bond acceptors (Lipinski definition) is 3. The Hall–Kier alpha value is -1.36. The average Bonchev–Trinajstić information content (AvgIpc) is 2.86. The monoisotopic (exact) mass is 324 g/mol. The van der Waals surface area contributed by atoms with E-state index in [0.717, 1.165) is 24.1 Å². The fourth-order valence-corrected chi connectivity index (χ4v) is 3.66. The highest BCUT2D eigenvalue weighted by Gasteiger charge is 2.20. The first-order valence-electron chi connectivity index (χ1n) is 8.13. The zero-order chi connectivity index (χ0) is 16.7. The fraction of sp³-hybridized carbons (Fsp3) is 0.647. The van der Waals surface area contributed by atoms with Crippen LogP contribution in [0, 0.1) is 0 Å². The second-order valence-corrected chi connectivity index (χ2v) is 6.84. The Kier molecular flexibility index (Phi) is 7.59. The van der Waals surface area contributed by atoms with Crippen LogP contribution in [0.5, 0.6) is 0 Å². The van der Waals surface area contributed by atoms with Gasteiger partial charge in [0, 0.05) is 17.5 Å². The fourth-order valence-electron chi connectivity index (χ4n) is 2.33. The molecule has 0 aliphatic carbocycles. The lowest BCUT2D eigenvalue weighted by atomic mass is 10.1. The maximum absolute atomic E-state index is 12.6. The van der Waals surface area contributed by atoms with Gasteiger partial charge >= 0.3 is 0 Å². The summed E-state index contributed by atoms with van der Waals surface area (Å²) in [5, 5.41) is 2.83. The Balaban J connectivity index is 2.85. The number of thiophene rings is 1. The molecule has 124 valence electrons. The minimum atomic E-state index is -0.105. The van der Waals surface area contributed by atoms with Gasteiger partial charge in [0.15, 0.2) is 0 Å². The zero-order valence-electron chi connectivity index (χ0n) is 14.4. The van der Waals surface area contributed by atoms with Gasteiger partial charge in [-0.3, -0.25) is 9.59 Å². The SMILES string of the molecule is CCCc1sc(C(=O)N(CC)CC(=O)NC(C)C)cc1CC. The molecule has 1 N–H and O–H groups in total. The summed E-state index contributed by atoms with van der Waals surface area (Å²) in [6, 6.07) is 2.09. The van der Waals surface area contributed by atoms with Gasteiger partial charge in [0.2, 0.25) is 5.91 Å². The molecule has 0 aromatic carbocycles. The largest absolute Gasteiger partial charge is 0.352 e. The van der Waals surface area contributed by atoms with Crippen molar-refractivity contribution in [2.75, 3.05) is 13.1 Å². The van der Waals surface area contributed by atoms with E-state index in [0.29, 0.717) is 6.54 Å². The zero-order valence-corrected chi connectivity index (χ0v) is 15.2. The molecule has 1 aromatic rings. The molecular weight excluding hydrogens is 296 g/mol. The summed E-state index contributed by atoms with van der Waals surface area (Å²) in [5.41, 5.74) is 1.26. The second-order valence-electron chi connectivity index (χ2n) is 5.70. The summed E-state index contributed by atoms with van der Waals surface area (Å²) in [6.45, 7) is 10.7. The van der Waals surface area contributed by atoms with Crippen LogP contribution in [0.25, 0.3) is 0 Å². The molecule has 0 aliphatic heterocycles. The Morgan fingerprint density at radius 1 is 1.27 bits per heavy atom. The number of hydrogen-bond donors (Lipinski definition) is 1. The number of carbonyl (C=O) groups excluding carboxylic acids is 2. The Labute approximate surface area is 137 Å². The minimum absolute atomic E-state index is 0.0385. The van der Waals surface area contributed by atoms with Gasteiger partial charge in [0.1, 0.15) is 0 Å². The Morgan fingerprint density at radius 3 is 2.45 bits per heavy atom. The van der Waals surface area contributed by atoms with Crippen LogP contribution in [0.15, 0.2) is 6.07 Å². The van der Waals surface area contributed by atoms with E-state index in [-0.39, 0.29) is 24.4 Å². The molecule has 0 aliphatic rings. The highest BCUT2D eigenvalue weighted by molar-refractivity contribution is 7.14. The van der Waals surface area contributed by atoms with E-state index in [9.17, 15) is 9.59 Å². The summed E-state index contributed by atoms with van der Waals surface area (Å²) < 4.78 is 0. The van der Waals surface area contributed by atoms with Crippen LogP contribution < -0.4 is 5.32 Å². The normalized spacial score (nSPS) is 10.8. The first-order chi connectivity index (χ1) is 10.4. The van der Waals surface area contributed by atoms with Gasteiger partial charge in [-0.25, -0.2) is 0 Å². The summed E-state index contributed by atoms with van der Waals surface area (Å²) in [7, 11) is 0. The number of aryl methyl sites for hydroxylation is 2. The molecule has 0 spiro atoms. The third kappa shape index (κ3) is 5.13. The van der Waals surface area contributed by atoms with Gasteiger partial charge in [-0.15, -0.1) is 11.3 Å². The number of nitrogens with zero attached hydrogens (tertiary/aromatic N) is 1. The van der Waals surface area contributed by atoms with Crippen molar-refractivity contribution in [2.24, 2.45) is 0 Å². The Bertz CT molecular complexity index is 509. The van der Waals surface area contributed by atoms with E-state index in [1.165, 1.54) is 10.4 Å². The van der Waals surface area contributed by atoms with Gasteiger partial charge in [0.05, 0.1) is 11.4 Å². The van der Waals surface area contributed by atoms with E-state index >= 15 is 0 Å². The van der Waals surface area contributed by atoms with Gasteiger partial charge in [-0.05, 0) is 45.2 Å². The van der Waals surface area contributed by atoms with Crippen molar-refractivity contribution < 1.29 is 9.59 Å². The highest BCUT2D eigenvalue weighted by atomic mass is 32.1. The maximum atomic E-state index is 12.6. The molecule has 1 aromatic heterocycles. The number of rotatable bonds is 8. The molecule has 0 saturated carbocycles. The van der Waals surface area contributed by atoms with Crippen molar-refractivity contribution in [2.45, 2.75) is 59.9 Å². The van der Waals surface area contributed by atoms with Gasteiger partial charge in [-0.1, -0.05) is 20.3 Å². The number of likely N-dealkylation sites (N-methyl/N-ethyl adjacent to an activating group) is 1. The molecule has 0 fully saturated rings. The van der Waals surface area contributed by atoms with Gasteiger partial charge in [-0.2, -0.15) is 0 Å². The van der Waals surface area contributed by atoms with Crippen LogP contribution >= 0.6 is 11.3 Å². The topological polar surface area (TPSA) is 49.4 Å². The maximum Gasteiger partial charge on any atom is 0.264 e. The van der Waals surface area contributed by atoms with E-state index in [1.54, 1.807) is 16.2 Å². The average molecular weight is 324 g/mol. The van der Waals surface area contributed by atoms with Crippen LogP contribution in [0.1, 0.15) is 61.2 Å². The molecule has 0 saturated heterocycles. The van der Waals surface area contributed by atoms with Crippen LogP contribution in [0.3, 0.4) is 0 Å². The van der Waals surface area contributed by atoms with E-state index < -0.39 is 0 Å². The predicted molar refractivity (Wildman–Crippen MR) is 92.5 cm³/mol. The summed E-state index contributed by atoms with van der Waals surface area (Å²) in [6.07, 6.45) is 3.04. The van der Waals surface area contributed by atoms with Crippen LogP contribution in [-0.4, -0.2) is 35.8 Å². The first kappa shape index (κ1) is 18.7. The van der Waals surface area contributed by atoms with Crippen molar-refractivity contribution in [1.29, 1.82) is 0 Å². The standard InChI is InChI=1S/C17H28N2O2S/c1-6-9-14-13(7-2)10-15(22-14)17(21)19(8-3)11-16(20)18-12(4)5/h10,12H,6-9,11H2,1-5H3,(H,18,20). The van der Waals surface area contributed by atoms with Gasteiger partial charge < -0.3 is 10.2 Å². The van der Waals surface area contributed by atoms with Crippen LogP contribution in [0.4, 0.5) is 0 Å². The third-order valence-corrected chi connectivity index (χ3v) is 4.64. The number of amides is 2. The lowest BCUT2D eigenvalue weighted by Crippen LogP contribution is -2.42. The quantitative estimate of drug-likeness (QED) is 0.798. The minimum Gasteiger partial charge on any atom is -0.352 e. The first-order valence-corrected chi connectivity index (χ1v) is 8.94. The van der Waals surface area contributed by atoms with E-state index in [1.807, 2.05) is 26.8 Å². The second kappa shape index (κ2) is 8.93. The van der Waals surface area contributed by atoms with Crippen LogP contribution in [-0.2, 0) is 17.6 Å². The molecule has 0 unspecified atom stereocenters. The van der Waals surface area contributed by atoms with Crippen molar-refractivity contribution in [3.05, 3.63) is 21.4 Å². The molecule has 0 bridgehead atoms. The molecule has 0 atom stereocenters. The highest BCUT2D eigenvalue weighted by Crippen LogP contribution is 2.25. The van der Waals surface area contributed by atoms with Crippen molar-refractivity contribution in [1.82, 2.24) is 10.2 Å². The predicted octanol–water partition coefficient (Wildman–Crippen LogP) is 3.25. The van der Waals surface area contributed by atoms with Gasteiger partial charge in [0.25, 0.3) is 5.91 Å².